The first kappa shape index (κ1) is 15.7. The van der Waals surface area contributed by atoms with E-state index in [4.69, 9.17) is 4.55 Å². The Bertz CT molecular complexity index is 207. The van der Waals surface area contributed by atoms with E-state index in [1.54, 1.807) is 0 Å². The molecule has 0 saturated carbocycles. The molecule has 0 aliphatic rings. The van der Waals surface area contributed by atoms with Crippen LogP contribution < -0.4 is 0 Å². The first-order valence-electron chi connectivity index (χ1n) is 2.89. The van der Waals surface area contributed by atoms with Crippen molar-refractivity contribution in [3.63, 3.8) is 0 Å². The molecule has 0 heterocycles. The van der Waals surface area contributed by atoms with Crippen molar-refractivity contribution >= 4 is 29.3 Å². The molecule has 0 aliphatic heterocycles. The molecule has 0 spiro atoms. The molecule has 76 valence electrons. The second-order valence-corrected chi connectivity index (χ2v) is 2.81. The summed E-state index contributed by atoms with van der Waals surface area (Å²) in [6.45, 7) is -1.58. The van der Waals surface area contributed by atoms with Gasteiger partial charge in [-0.15, -0.1) is 0 Å². The molecule has 0 fully saturated rings. The monoisotopic (exact) mass is 214 g/mol. The van der Waals surface area contributed by atoms with E-state index in [0.29, 0.717) is 0 Å². The van der Waals surface area contributed by atoms with Crippen molar-refractivity contribution in [2.45, 2.75) is 6.43 Å². The minimum absolute atomic E-state index is 0. The Labute approximate surface area is 86.5 Å². The summed E-state index contributed by atoms with van der Waals surface area (Å²) >= 11 is 0. The molecule has 0 saturated heterocycles. The van der Waals surface area contributed by atoms with E-state index in [0.717, 1.165) is 0 Å². The Morgan fingerprint density at radius 1 is 1.31 bits per heavy atom. The van der Waals surface area contributed by atoms with Crippen molar-refractivity contribution in [3.05, 3.63) is 0 Å². The van der Waals surface area contributed by atoms with Crippen molar-refractivity contribution in [2.75, 3.05) is 19.8 Å². The second kappa shape index (κ2) is 7.67. The Balaban J connectivity index is 0. The fraction of sp³-hybridized carbons (Fsp3) is 1.00. The molecule has 9 heteroatoms. The average molecular weight is 214 g/mol. The van der Waals surface area contributed by atoms with Crippen LogP contribution in [0, 0.1) is 0 Å². The molecule has 0 amide bonds. The molecule has 0 bridgehead atoms. The van der Waals surface area contributed by atoms with Gasteiger partial charge in [0.2, 0.25) is 0 Å². The van der Waals surface area contributed by atoms with Crippen LogP contribution in [0.15, 0.2) is 0 Å². The van der Waals surface area contributed by atoms with Gasteiger partial charge in [-0.3, -0.25) is 4.55 Å². The van der Waals surface area contributed by atoms with Crippen molar-refractivity contribution < 1.29 is 30.7 Å². The van der Waals surface area contributed by atoms with E-state index < -0.39 is 30.0 Å². The molecule has 1 N–H and O–H groups in total. The fourth-order valence-corrected chi connectivity index (χ4v) is 0.649. The molecule has 0 aromatic heterocycles. The maximum atomic E-state index is 11.4. The topological polar surface area (TPSA) is 72.8 Å². The normalized spacial score (nSPS) is 11.4. The van der Waals surface area contributed by atoms with Crippen molar-refractivity contribution in [1.82, 2.24) is 0 Å². The van der Waals surface area contributed by atoms with E-state index >= 15 is 0 Å². The number of rotatable bonds is 6. The van der Waals surface area contributed by atoms with Gasteiger partial charge in [0.25, 0.3) is 6.43 Å². The first-order valence-corrected chi connectivity index (χ1v) is 4.26. The van der Waals surface area contributed by atoms with Crippen molar-refractivity contribution in [2.24, 2.45) is 0 Å². The summed E-state index contributed by atoms with van der Waals surface area (Å²) in [4.78, 5) is 0. The van der Waals surface area contributed by atoms with Crippen LogP contribution in [-0.4, -0.2) is 58.1 Å². The maximum absolute atomic E-state index is 11.4. The SMILES string of the molecule is O=S(=O)(O)OCCOCC(F)F.[LiH]. The number of hydrogen-bond acceptors (Lipinski definition) is 4. The van der Waals surface area contributed by atoms with Crippen molar-refractivity contribution in [1.29, 1.82) is 0 Å². The molecule has 0 aromatic rings. The van der Waals surface area contributed by atoms with Gasteiger partial charge in [0, 0.05) is 0 Å². The third kappa shape index (κ3) is 15.1. The molecule has 0 radical (unpaired) electrons. The fourth-order valence-electron chi connectivity index (χ4n) is 0.371. The van der Waals surface area contributed by atoms with Gasteiger partial charge in [0.15, 0.2) is 0 Å². The molecule has 5 nitrogen and oxygen atoms in total. The third-order valence-electron chi connectivity index (χ3n) is 0.704. The van der Waals surface area contributed by atoms with E-state index in [1.807, 2.05) is 0 Å². The third-order valence-corrected chi connectivity index (χ3v) is 1.17. The molecule has 0 unspecified atom stereocenters. The Morgan fingerprint density at radius 3 is 2.23 bits per heavy atom. The number of ether oxygens (including phenoxy) is 1. The van der Waals surface area contributed by atoms with Gasteiger partial charge in [-0.05, 0) is 0 Å². The van der Waals surface area contributed by atoms with Gasteiger partial charge in [0.1, 0.15) is 6.61 Å². The summed E-state index contributed by atoms with van der Waals surface area (Å²) in [6, 6.07) is 0. The van der Waals surface area contributed by atoms with Crippen LogP contribution in [0.4, 0.5) is 8.78 Å². The summed E-state index contributed by atoms with van der Waals surface area (Å²) < 4.78 is 58.4. The molecule has 0 atom stereocenters. The van der Waals surface area contributed by atoms with Gasteiger partial charge in [-0.25, -0.2) is 13.0 Å². The molecule has 0 aliphatic carbocycles. The molecule has 0 aromatic carbocycles. The molecule has 13 heavy (non-hydrogen) atoms. The number of alkyl halides is 2. The number of hydrogen-bond donors (Lipinski definition) is 1. The predicted octanol–water partition coefficient (Wildman–Crippen LogP) is -0.561. The Morgan fingerprint density at radius 2 is 1.85 bits per heavy atom. The number of halogens is 2. The van der Waals surface area contributed by atoms with Crippen LogP contribution >= 0.6 is 0 Å². The molecule has 0 rings (SSSR count). The van der Waals surface area contributed by atoms with Crippen LogP contribution in [0.3, 0.4) is 0 Å². The van der Waals surface area contributed by atoms with Gasteiger partial charge in [-0.1, -0.05) is 0 Å². The summed E-state index contributed by atoms with van der Waals surface area (Å²) in [6.07, 6.45) is -2.60. The summed E-state index contributed by atoms with van der Waals surface area (Å²) in [5.41, 5.74) is 0. The van der Waals surface area contributed by atoms with Gasteiger partial charge in [0.05, 0.1) is 13.2 Å². The van der Waals surface area contributed by atoms with Crippen LogP contribution in [0.1, 0.15) is 0 Å². The Kier molecular flexibility index (Phi) is 9.29. The summed E-state index contributed by atoms with van der Waals surface area (Å²) in [5.74, 6) is 0. The second-order valence-electron chi connectivity index (χ2n) is 1.72. The zero-order chi connectivity index (χ0) is 9.61. The summed E-state index contributed by atoms with van der Waals surface area (Å²) in [7, 11) is -4.49. The zero-order valence-corrected chi connectivity index (χ0v) is 6.76. The van der Waals surface area contributed by atoms with E-state index in [9.17, 15) is 17.2 Å². The Hall–Kier alpha value is 0.287. The van der Waals surface area contributed by atoms with Crippen LogP contribution in [0.2, 0.25) is 0 Å². The van der Waals surface area contributed by atoms with E-state index in [1.165, 1.54) is 0 Å². The van der Waals surface area contributed by atoms with Crippen molar-refractivity contribution in [3.8, 4) is 0 Å². The quantitative estimate of drug-likeness (QED) is 0.364. The van der Waals surface area contributed by atoms with Crippen LogP contribution in [0.5, 0.6) is 0 Å². The van der Waals surface area contributed by atoms with E-state index in [2.05, 4.69) is 8.92 Å². The van der Waals surface area contributed by atoms with Crippen LogP contribution in [0.25, 0.3) is 0 Å². The molecular weight excluding hydrogens is 205 g/mol. The first-order chi connectivity index (χ1) is 5.42. The summed E-state index contributed by atoms with van der Waals surface area (Å²) in [5, 5.41) is 0. The standard InChI is InChI=1S/C4H8F2O5S.Li.H/c5-4(6)3-10-1-2-11-12(7,8)9;;/h4H,1-3H2,(H,7,8,9);;. The van der Waals surface area contributed by atoms with E-state index in [-0.39, 0.29) is 25.5 Å². The van der Waals surface area contributed by atoms with Gasteiger partial charge in [-0.2, -0.15) is 8.42 Å². The van der Waals surface area contributed by atoms with Gasteiger partial charge < -0.3 is 4.74 Å². The molecular formula is C4H9F2LiO5S. The minimum atomic E-state index is -4.49. The predicted molar refractivity (Wildman–Crippen MR) is 41.5 cm³/mol. The average Bonchev–Trinajstić information content (AvgIpc) is 1.83. The zero-order valence-electron chi connectivity index (χ0n) is 5.94. The van der Waals surface area contributed by atoms with Crippen LogP contribution in [-0.2, 0) is 19.3 Å². The van der Waals surface area contributed by atoms with Gasteiger partial charge >= 0.3 is 29.3 Å².